The number of rotatable bonds is 4. The number of nitrogens with one attached hydrogen (secondary N) is 2. The summed E-state index contributed by atoms with van der Waals surface area (Å²) in [6.45, 7) is 1.64. The van der Waals surface area contributed by atoms with E-state index in [2.05, 4.69) is 35.8 Å². The van der Waals surface area contributed by atoms with Crippen molar-refractivity contribution < 1.29 is 13.6 Å². The third-order valence-corrected chi connectivity index (χ3v) is 4.35. The van der Waals surface area contributed by atoms with Gasteiger partial charge < -0.3 is 15.9 Å². The number of anilines is 1. The van der Waals surface area contributed by atoms with Gasteiger partial charge in [0.1, 0.15) is 5.82 Å². The first-order chi connectivity index (χ1) is 9.83. The highest BCUT2D eigenvalue weighted by atomic mass is 79.9. The van der Waals surface area contributed by atoms with E-state index in [4.69, 9.17) is 10.9 Å². The Balaban J connectivity index is 2.44. The van der Waals surface area contributed by atoms with Crippen molar-refractivity contribution in [3.05, 3.63) is 40.3 Å². The van der Waals surface area contributed by atoms with Gasteiger partial charge in [0, 0.05) is 10.0 Å². The van der Waals surface area contributed by atoms with E-state index in [9.17, 15) is 8.42 Å². The van der Waals surface area contributed by atoms with Crippen molar-refractivity contribution in [1.29, 1.82) is 0 Å². The highest BCUT2D eigenvalue weighted by Gasteiger charge is 2.19. The zero-order chi connectivity index (χ0) is 15.6. The van der Waals surface area contributed by atoms with E-state index in [1.165, 1.54) is 18.3 Å². The van der Waals surface area contributed by atoms with E-state index in [1.807, 2.05) is 0 Å². The predicted octanol–water partition coefficient (Wildman–Crippen LogP) is 1.38. The lowest BCUT2D eigenvalue weighted by atomic mass is 10.2. The van der Waals surface area contributed by atoms with Gasteiger partial charge in [-0.2, -0.15) is 8.42 Å². The highest BCUT2D eigenvalue weighted by molar-refractivity contribution is 9.10. The quantitative estimate of drug-likeness (QED) is 0.278. The first kappa shape index (κ1) is 15.3. The fourth-order valence-electron chi connectivity index (χ4n) is 1.61. The topological polar surface area (TPSA) is 133 Å². The Kier molecular flexibility index (Phi) is 4.19. The van der Waals surface area contributed by atoms with Crippen LogP contribution in [0.2, 0.25) is 0 Å². The van der Waals surface area contributed by atoms with Gasteiger partial charge in [-0.15, -0.1) is 0 Å². The minimum absolute atomic E-state index is 0.0756. The Morgan fingerprint density at radius 1 is 1.52 bits per heavy atom. The number of nitrogens with two attached hydrogens (primary N) is 1. The molecular formula is C11H12BrN5O3S. The number of imidazole rings is 1. The number of hydrogen-bond acceptors (Lipinski definition) is 5. The number of benzene rings is 1. The fourth-order valence-corrected chi connectivity index (χ4v) is 3.02. The van der Waals surface area contributed by atoms with E-state index in [0.29, 0.717) is 10.3 Å². The largest absolute Gasteiger partial charge is 0.409 e. The average molecular weight is 374 g/mol. The summed E-state index contributed by atoms with van der Waals surface area (Å²) in [5.41, 5.74) is 5.97. The van der Waals surface area contributed by atoms with E-state index in [-0.39, 0.29) is 22.1 Å². The van der Waals surface area contributed by atoms with E-state index in [1.54, 1.807) is 13.0 Å². The molecule has 2 aromatic rings. The molecular weight excluding hydrogens is 362 g/mol. The Hall–Kier alpha value is -2.07. The van der Waals surface area contributed by atoms with Gasteiger partial charge in [-0.3, -0.25) is 4.72 Å². The van der Waals surface area contributed by atoms with Crippen LogP contribution < -0.4 is 10.5 Å². The summed E-state index contributed by atoms with van der Waals surface area (Å²) in [6.07, 6.45) is 1.21. The van der Waals surface area contributed by atoms with Crippen LogP contribution in [0.1, 0.15) is 11.4 Å². The third kappa shape index (κ3) is 3.34. The van der Waals surface area contributed by atoms with Gasteiger partial charge in [0.05, 0.1) is 11.9 Å². The van der Waals surface area contributed by atoms with Gasteiger partial charge in [0.25, 0.3) is 10.0 Å². The molecule has 112 valence electrons. The van der Waals surface area contributed by atoms with Crippen LogP contribution in [0.15, 0.2) is 39.1 Å². The van der Waals surface area contributed by atoms with E-state index in [0.717, 1.165) is 0 Å². The number of hydrogen-bond donors (Lipinski definition) is 4. The summed E-state index contributed by atoms with van der Waals surface area (Å²) < 4.78 is 27.5. The molecule has 0 unspecified atom stereocenters. The van der Waals surface area contributed by atoms with Gasteiger partial charge in [-0.25, -0.2) is 4.98 Å². The van der Waals surface area contributed by atoms with Crippen molar-refractivity contribution in [3.63, 3.8) is 0 Å². The number of aromatic amines is 1. The zero-order valence-electron chi connectivity index (χ0n) is 10.8. The molecule has 10 heteroatoms. The van der Waals surface area contributed by atoms with Gasteiger partial charge in [-0.1, -0.05) is 21.1 Å². The SMILES string of the molecule is Cc1ncc(S(=O)(=O)Nc2ccc(Br)cc2/C(N)=N/O)[nH]1. The summed E-state index contributed by atoms with van der Waals surface area (Å²) in [6, 6.07) is 4.66. The van der Waals surface area contributed by atoms with E-state index >= 15 is 0 Å². The third-order valence-electron chi connectivity index (χ3n) is 2.58. The predicted molar refractivity (Wildman–Crippen MR) is 80.8 cm³/mol. The number of aromatic nitrogens is 2. The maximum absolute atomic E-state index is 12.2. The summed E-state index contributed by atoms with van der Waals surface area (Å²) in [4.78, 5) is 6.47. The lowest BCUT2D eigenvalue weighted by Gasteiger charge is -2.11. The second kappa shape index (κ2) is 5.74. The lowest BCUT2D eigenvalue weighted by Crippen LogP contribution is -2.19. The average Bonchev–Trinajstić information content (AvgIpc) is 2.87. The molecule has 1 heterocycles. The molecule has 21 heavy (non-hydrogen) atoms. The van der Waals surface area contributed by atoms with Gasteiger partial charge in [0.2, 0.25) is 0 Å². The molecule has 0 bridgehead atoms. The molecule has 0 fully saturated rings. The monoisotopic (exact) mass is 373 g/mol. The number of sulfonamides is 1. The minimum Gasteiger partial charge on any atom is -0.409 e. The Morgan fingerprint density at radius 2 is 2.24 bits per heavy atom. The Labute approximate surface area is 129 Å². The summed E-state index contributed by atoms with van der Waals surface area (Å²) in [7, 11) is -3.85. The van der Waals surface area contributed by atoms with Crippen molar-refractivity contribution in [2.45, 2.75) is 11.9 Å². The smallest absolute Gasteiger partial charge is 0.279 e. The van der Waals surface area contributed by atoms with Crippen molar-refractivity contribution in [3.8, 4) is 0 Å². The standard InChI is InChI=1S/C11H12BrN5O3S/c1-6-14-5-10(15-6)21(19,20)17-9-3-2-7(12)4-8(9)11(13)16-18/h2-5,17-18H,1H3,(H2,13,16)(H,14,15). The van der Waals surface area contributed by atoms with Gasteiger partial charge in [-0.05, 0) is 25.1 Å². The first-order valence-electron chi connectivity index (χ1n) is 5.65. The molecule has 2 rings (SSSR count). The normalized spacial score (nSPS) is 12.4. The van der Waals surface area contributed by atoms with E-state index < -0.39 is 10.0 Å². The number of amidine groups is 1. The van der Waals surface area contributed by atoms with Crippen LogP contribution in [-0.4, -0.2) is 29.4 Å². The molecule has 1 aromatic carbocycles. The summed E-state index contributed by atoms with van der Waals surface area (Å²) >= 11 is 3.24. The molecule has 0 saturated heterocycles. The summed E-state index contributed by atoms with van der Waals surface area (Å²) in [5, 5.41) is 11.6. The fraction of sp³-hybridized carbons (Fsp3) is 0.0909. The molecule has 0 spiro atoms. The van der Waals surface area contributed by atoms with Crippen LogP contribution in [0, 0.1) is 6.92 Å². The molecule has 0 atom stereocenters. The maximum Gasteiger partial charge on any atom is 0.279 e. The van der Waals surface area contributed by atoms with Crippen molar-refractivity contribution in [1.82, 2.24) is 9.97 Å². The van der Waals surface area contributed by atoms with Crippen LogP contribution in [0.25, 0.3) is 0 Å². The number of oxime groups is 1. The van der Waals surface area contributed by atoms with Crippen molar-refractivity contribution in [2.24, 2.45) is 10.9 Å². The molecule has 8 nitrogen and oxygen atoms in total. The number of nitrogens with zero attached hydrogens (tertiary/aromatic N) is 2. The zero-order valence-corrected chi connectivity index (χ0v) is 13.2. The second-order valence-electron chi connectivity index (χ2n) is 4.11. The molecule has 0 saturated carbocycles. The first-order valence-corrected chi connectivity index (χ1v) is 7.93. The molecule has 0 amide bonds. The molecule has 1 aromatic heterocycles. The van der Waals surface area contributed by atoms with Crippen molar-refractivity contribution in [2.75, 3.05) is 4.72 Å². The second-order valence-corrected chi connectivity index (χ2v) is 6.68. The highest BCUT2D eigenvalue weighted by Crippen LogP contribution is 2.23. The van der Waals surface area contributed by atoms with Crippen LogP contribution in [0.3, 0.4) is 0 Å². The molecule has 0 radical (unpaired) electrons. The minimum atomic E-state index is -3.85. The maximum atomic E-state index is 12.2. The molecule has 0 aliphatic carbocycles. The number of H-pyrrole nitrogens is 1. The van der Waals surface area contributed by atoms with Gasteiger partial charge >= 0.3 is 0 Å². The van der Waals surface area contributed by atoms with Crippen LogP contribution in [-0.2, 0) is 10.0 Å². The van der Waals surface area contributed by atoms with Gasteiger partial charge in [0.15, 0.2) is 10.9 Å². The molecule has 0 aliphatic heterocycles. The van der Waals surface area contributed by atoms with Crippen LogP contribution >= 0.6 is 15.9 Å². The molecule has 5 N–H and O–H groups in total. The molecule has 0 aliphatic rings. The Bertz CT molecular complexity index is 800. The van der Waals surface area contributed by atoms with Crippen molar-refractivity contribution >= 4 is 37.5 Å². The number of aryl methyl sites for hydroxylation is 1. The Morgan fingerprint density at radius 3 is 2.81 bits per heavy atom. The number of halogens is 1. The summed E-state index contributed by atoms with van der Waals surface area (Å²) in [5.74, 6) is 0.262. The lowest BCUT2D eigenvalue weighted by molar-refractivity contribution is 0.318. The van der Waals surface area contributed by atoms with Crippen LogP contribution in [0.4, 0.5) is 5.69 Å². The van der Waals surface area contributed by atoms with Crippen LogP contribution in [0.5, 0.6) is 0 Å².